The van der Waals surface area contributed by atoms with Crippen molar-refractivity contribution in [2.45, 2.75) is 13.5 Å². The summed E-state index contributed by atoms with van der Waals surface area (Å²) in [5.74, 6) is 1.83. The van der Waals surface area contributed by atoms with Crippen LogP contribution in [0.25, 0.3) is 0 Å². The number of halogens is 1. The zero-order chi connectivity index (χ0) is 11.4. The second-order valence-corrected chi connectivity index (χ2v) is 4.41. The summed E-state index contributed by atoms with van der Waals surface area (Å²) < 4.78 is 2.19. The first-order valence-corrected chi connectivity index (χ1v) is 6.43. The SMILES string of the molecule is CCn1ccnc1N1CCN(CCCl)CC1. The third-order valence-electron chi connectivity index (χ3n) is 3.09. The topological polar surface area (TPSA) is 24.3 Å². The van der Waals surface area contributed by atoms with E-state index in [-0.39, 0.29) is 0 Å². The van der Waals surface area contributed by atoms with Gasteiger partial charge in [0.05, 0.1) is 0 Å². The first-order valence-electron chi connectivity index (χ1n) is 5.89. The number of anilines is 1. The predicted molar refractivity (Wildman–Crippen MR) is 67.3 cm³/mol. The second kappa shape index (κ2) is 5.55. The Bertz CT molecular complexity index is 318. The molecule has 1 aliphatic heterocycles. The number of nitrogens with zero attached hydrogens (tertiary/aromatic N) is 4. The van der Waals surface area contributed by atoms with Crippen molar-refractivity contribution >= 4 is 17.5 Å². The fourth-order valence-electron chi connectivity index (χ4n) is 2.12. The molecule has 1 saturated heterocycles. The van der Waals surface area contributed by atoms with Crippen LogP contribution in [0.5, 0.6) is 0 Å². The Morgan fingerprint density at radius 2 is 2.06 bits per heavy atom. The Morgan fingerprint density at radius 1 is 1.31 bits per heavy atom. The molecule has 1 aromatic heterocycles. The third kappa shape index (κ3) is 2.50. The molecule has 1 aromatic rings. The first kappa shape index (κ1) is 11.7. The van der Waals surface area contributed by atoms with Gasteiger partial charge in [-0.3, -0.25) is 4.90 Å². The van der Waals surface area contributed by atoms with Crippen LogP contribution in [0.4, 0.5) is 5.95 Å². The number of alkyl halides is 1. The Hall–Kier alpha value is -0.740. The van der Waals surface area contributed by atoms with Crippen LogP contribution in [0, 0.1) is 0 Å². The number of hydrogen-bond acceptors (Lipinski definition) is 3. The zero-order valence-electron chi connectivity index (χ0n) is 9.77. The molecule has 4 nitrogen and oxygen atoms in total. The molecule has 90 valence electrons. The van der Waals surface area contributed by atoms with Gasteiger partial charge in [-0.1, -0.05) is 0 Å². The van der Waals surface area contributed by atoms with Crippen LogP contribution >= 0.6 is 11.6 Å². The molecular formula is C11H19ClN4. The van der Waals surface area contributed by atoms with Crippen molar-refractivity contribution in [3.05, 3.63) is 12.4 Å². The summed E-state index contributed by atoms with van der Waals surface area (Å²) in [6.07, 6.45) is 3.92. The van der Waals surface area contributed by atoms with Crippen LogP contribution in [0.1, 0.15) is 6.92 Å². The molecule has 0 atom stereocenters. The van der Waals surface area contributed by atoms with Gasteiger partial charge in [0.1, 0.15) is 0 Å². The van der Waals surface area contributed by atoms with Crippen LogP contribution in [0.3, 0.4) is 0 Å². The van der Waals surface area contributed by atoms with Crippen LogP contribution in [-0.2, 0) is 6.54 Å². The van der Waals surface area contributed by atoms with Crippen molar-refractivity contribution in [3.8, 4) is 0 Å². The van der Waals surface area contributed by atoms with Gasteiger partial charge >= 0.3 is 0 Å². The molecule has 0 bridgehead atoms. The monoisotopic (exact) mass is 242 g/mol. The van der Waals surface area contributed by atoms with E-state index in [1.54, 1.807) is 0 Å². The molecule has 0 radical (unpaired) electrons. The number of imidazole rings is 1. The van der Waals surface area contributed by atoms with Gasteiger partial charge in [-0.15, -0.1) is 11.6 Å². The average molecular weight is 243 g/mol. The maximum absolute atomic E-state index is 5.75. The fraction of sp³-hybridized carbons (Fsp3) is 0.727. The van der Waals surface area contributed by atoms with Gasteiger partial charge in [-0.05, 0) is 6.92 Å². The predicted octanol–water partition coefficient (Wildman–Crippen LogP) is 1.26. The van der Waals surface area contributed by atoms with Crippen LogP contribution in [0.15, 0.2) is 12.4 Å². The Morgan fingerprint density at radius 3 is 2.69 bits per heavy atom. The Kier molecular flexibility index (Phi) is 4.07. The van der Waals surface area contributed by atoms with Crippen molar-refractivity contribution in [1.82, 2.24) is 14.5 Å². The Labute approximate surface area is 102 Å². The minimum absolute atomic E-state index is 0.726. The molecule has 0 aliphatic carbocycles. The number of aromatic nitrogens is 2. The largest absolute Gasteiger partial charge is 0.340 e. The van der Waals surface area contributed by atoms with E-state index in [4.69, 9.17) is 11.6 Å². The van der Waals surface area contributed by atoms with E-state index in [2.05, 4.69) is 26.3 Å². The summed E-state index contributed by atoms with van der Waals surface area (Å²) in [4.78, 5) is 9.19. The van der Waals surface area contributed by atoms with Crippen LogP contribution < -0.4 is 4.90 Å². The molecule has 0 unspecified atom stereocenters. The highest BCUT2D eigenvalue weighted by Crippen LogP contribution is 2.14. The number of rotatable bonds is 4. The van der Waals surface area contributed by atoms with E-state index < -0.39 is 0 Å². The van der Waals surface area contributed by atoms with Gasteiger partial charge in [0.2, 0.25) is 5.95 Å². The molecule has 0 amide bonds. The highest BCUT2D eigenvalue weighted by Gasteiger charge is 2.19. The Balaban J connectivity index is 1.93. The smallest absolute Gasteiger partial charge is 0.205 e. The van der Waals surface area contributed by atoms with Crippen LogP contribution in [0.2, 0.25) is 0 Å². The number of aryl methyl sites for hydroxylation is 1. The maximum Gasteiger partial charge on any atom is 0.205 e. The molecule has 0 aromatic carbocycles. The molecular weight excluding hydrogens is 224 g/mol. The molecule has 1 aliphatic rings. The van der Waals surface area contributed by atoms with E-state index in [0.29, 0.717) is 0 Å². The molecule has 1 fully saturated rings. The lowest BCUT2D eigenvalue weighted by Gasteiger charge is -2.35. The highest BCUT2D eigenvalue weighted by atomic mass is 35.5. The number of hydrogen-bond donors (Lipinski definition) is 0. The highest BCUT2D eigenvalue weighted by molar-refractivity contribution is 6.18. The van der Waals surface area contributed by atoms with Gasteiger partial charge in [0.25, 0.3) is 0 Å². The lowest BCUT2D eigenvalue weighted by Crippen LogP contribution is -2.47. The zero-order valence-corrected chi connectivity index (χ0v) is 10.5. The summed E-state index contributed by atoms with van der Waals surface area (Å²) in [6.45, 7) is 8.40. The summed E-state index contributed by atoms with van der Waals surface area (Å²) in [5.41, 5.74) is 0. The normalized spacial score (nSPS) is 18.0. The van der Waals surface area contributed by atoms with E-state index in [1.807, 2.05) is 12.4 Å². The van der Waals surface area contributed by atoms with Gasteiger partial charge in [0, 0.05) is 57.5 Å². The molecule has 5 heteroatoms. The molecule has 2 rings (SSSR count). The van der Waals surface area contributed by atoms with E-state index in [9.17, 15) is 0 Å². The van der Waals surface area contributed by atoms with Gasteiger partial charge in [0.15, 0.2) is 0 Å². The van der Waals surface area contributed by atoms with Crippen molar-refractivity contribution in [3.63, 3.8) is 0 Å². The van der Waals surface area contributed by atoms with Gasteiger partial charge < -0.3 is 9.47 Å². The van der Waals surface area contributed by atoms with Crippen molar-refractivity contribution in [1.29, 1.82) is 0 Å². The van der Waals surface area contributed by atoms with Crippen molar-refractivity contribution in [2.24, 2.45) is 0 Å². The van der Waals surface area contributed by atoms with Gasteiger partial charge in [-0.2, -0.15) is 0 Å². The summed E-state index contributed by atoms with van der Waals surface area (Å²) in [7, 11) is 0. The molecule has 2 heterocycles. The second-order valence-electron chi connectivity index (χ2n) is 4.03. The minimum atomic E-state index is 0.726. The van der Waals surface area contributed by atoms with Crippen molar-refractivity contribution in [2.75, 3.05) is 43.5 Å². The summed E-state index contributed by atoms with van der Waals surface area (Å²) in [5, 5.41) is 0. The fourth-order valence-corrected chi connectivity index (χ4v) is 2.36. The van der Waals surface area contributed by atoms with E-state index in [0.717, 1.165) is 51.1 Å². The first-order chi connectivity index (χ1) is 7.85. The maximum atomic E-state index is 5.75. The van der Waals surface area contributed by atoms with E-state index in [1.165, 1.54) is 0 Å². The summed E-state index contributed by atoms with van der Waals surface area (Å²) >= 11 is 5.75. The molecule has 0 N–H and O–H groups in total. The quantitative estimate of drug-likeness (QED) is 0.744. The molecule has 0 saturated carbocycles. The molecule has 0 spiro atoms. The van der Waals surface area contributed by atoms with E-state index >= 15 is 0 Å². The van der Waals surface area contributed by atoms with Crippen molar-refractivity contribution < 1.29 is 0 Å². The lowest BCUT2D eigenvalue weighted by atomic mass is 10.3. The molecule has 16 heavy (non-hydrogen) atoms. The summed E-state index contributed by atoms with van der Waals surface area (Å²) in [6, 6.07) is 0. The average Bonchev–Trinajstić information content (AvgIpc) is 2.78. The minimum Gasteiger partial charge on any atom is -0.340 e. The van der Waals surface area contributed by atoms with Gasteiger partial charge in [-0.25, -0.2) is 4.98 Å². The standard InChI is InChI=1S/C11H19ClN4/c1-2-15-6-4-13-11(15)16-9-7-14(5-3-12)8-10-16/h4,6H,2-3,5,7-10H2,1H3. The third-order valence-corrected chi connectivity index (χ3v) is 3.26. The van der Waals surface area contributed by atoms with Crippen LogP contribution in [-0.4, -0.2) is 53.1 Å². The lowest BCUT2D eigenvalue weighted by molar-refractivity contribution is 0.270. The number of piperazine rings is 1.